The van der Waals surface area contributed by atoms with Crippen molar-refractivity contribution in [3.05, 3.63) is 64.9 Å². The number of hydrogen-bond acceptors (Lipinski definition) is 3. The van der Waals surface area contributed by atoms with Crippen molar-refractivity contribution in [1.29, 1.82) is 0 Å². The number of fused-ring (bicyclic) bond motifs is 1. The van der Waals surface area contributed by atoms with Crippen LogP contribution in [0.4, 0.5) is 8.78 Å². The van der Waals surface area contributed by atoms with Gasteiger partial charge in [-0.1, -0.05) is 0 Å². The lowest BCUT2D eigenvalue weighted by molar-refractivity contribution is -0.0393. The second-order valence-electron chi connectivity index (χ2n) is 7.19. The highest BCUT2D eigenvalue weighted by atomic mass is 79.9. The third-order valence-electron chi connectivity index (χ3n) is 5.20. The highest BCUT2D eigenvalue weighted by molar-refractivity contribution is 9.10. The van der Waals surface area contributed by atoms with Crippen molar-refractivity contribution in [2.24, 2.45) is 0 Å². The Labute approximate surface area is 179 Å². The van der Waals surface area contributed by atoms with Crippen LogP contribution in [0.5, 0.6) is 11.5 Å². The van der Waals surface area contributed by atoms with E-state index in [1.165, 1.54) is 24.3 Å². The lowest BCUT2D eigenvalue weighted by atomic mass is 10.1. The van der Waals surface area contributed by atoms with Crippen LogP contribution in [-0.4, -0.2) is 21.4 Å². The molecule has 154 valence electrons. The fourth-order valence-electron chi connectivity index (χ4n) is 3.66. The minimum atomic E-state index is -0.526. The van der Waals surface area contributed by atoms with E-state index in [1.54, 1.807) is 23.1 Å². The first-order valence-electron chi connectivity index (χ1n) is 9.70. The van der Waals surface area contributed by atoms with E-state index in [4.69, 9.17) is 9.47 Å². The molecule has 30 heavy (non-hydrogen) atoms. The summed E-state index contributed by atoms with van der Waals surface area (Å²) in [5.74, 6) is -0.607. The number of H-pyrrole nitrogens is 1. The Kier molecular flexibility index (Phi) is 5.04. The molecule has 0 aliphatic carbocycles. The zero-order valence-corrected chi connectivity index (χ0v) is 17.5. The summed E-state index contributed by atoms with van der Waals surface area (Å²) < 4.78 is 42.9. The van der Waals surface area contributed by atoms with Gasteiger partial charge in [0.2, 0.25) is 0 Å². The van der Waals surface area contributed by atoms with Gasteiger partial charge in [-0.3, -0.25) is 0 Å². The predicted octanol–water partition coefficient (Wildman–Crippen LogP) is 6.56. The molecule has 0 radical (unpaired) electrons. The van der Waals surface area contributed by atoms with Crippen LogP contribution >= 0.6 is 15.9 Å². The Morgan fingerprint density at radius 3 is 2.87 bits per heavy atom. The Balaban J connectivity index is 1.47. The molecule has 0 amide bonds. The first kappa shape index (κ1) is 19.3. The first-order valence-corrected chi connectivity index (χ1v) is 10.5. The summed E-state index contributed by atoms with van der Waals surface area (Å²) >= 11 is 3.41. The molecule has 1 atom stereocenters. The van der Waals surface area contributed by atoms with Crippen molar-refractivity contribution in [3.63, 3.8) is 0 Å². The molecule has 8 heteroatoms. The number of halogens is 3. The van der Waals surface area contributed by atoms with Crippen LogP contribution in [0.25, 0.3) is 22.2 Å². The lowest BCUT2D eigenvalue weighted by Crippen LogP contribution is -2.18. The summed E-state index contributed by atoms with van der Waals surface area (Å²) in [6.45, 7) is 0.698. The number of ether oxygens (including phenoxy) is 2. The van der Waals surface area contributed by atoms with Gasteiger partial charge in [0.05, 0.1) is 10.2 Å². The van der Waals surface area contributed by atoms with E-state index in [2.05, 4.69) is 26.0 Å². The number of nitrogens with zero attached hydrogens (tertiary/aromatic N) is 2. The maximum absolute atomic E-state index is 14.6. The van der Waals surface area contributed by atoms with Gasteiger partial charge in [0.15, 0.2) is 11.6 Å². The van der Waals surface area contributed by atoms with E-state index >= 15 is 0 Å². The van der Waals surface area contributed by atoms with Gasteiger partial charge in [-0.15, -0.1) is 0 Å². The number of aromatic nitrogens is 3. The van der Waals surface area contributed by atoms with Crippen LogP contribution in [-0.2, 0) is 4.74 Å². The Bertz CT molecular complexity index is 1210. The summed E-state index contributed by atoms with van der Waals surface area (Å²) in [4.78, 5) is 2.96. The monoisotopic (exact) mass is 473 g/mol. The van der Waals surface area contributed by atoms with E-state index in [1.807, 2.05) is 6.07 Å². The summed E-state index contributed by atoms with van der Waals surface area (Å²) in [6, 6.07) is 9.21. The molecule has 5 rings (SSSR count). The fraction of sp³-hybridized carbons (Fsp3) is 0.227. The summed E-state index contributed by atoms with van der Waals surface area (Å²) in [5.41, 5.74) is 1.40. The molecule has 0 saturated carbocycles. The third-order valence-corrected chi connectivity index (χ3v) is 5.98. The average molecular weight is 474 g/mol. The van der Waals surface area contributed by atoms with Gasteiger partial charge in [0.25, 0.3) is 0 Å². The maximum atomic E-state index is 14.6. The van der Waals surface area contributed by atoms with E-state index in [0.29, 0.717) is 28.0 Å². The molecule has 1 fully saturated rings. The smallest absolute Gasteiger partial charge is 0.177 e. The van der Waals surface area contributed by atoms with Crippen LogP contribution in [0, 0.1) is 11.6 Å². The van der Waals surface area contributed by atoms with E-state index in [0.717, 1.165) is 24.6 Å². The highest BCUT2D eigenvalue weighted by Gasteiger charge is 2.19. The highest BCUT2D eigenvalue weighted by Crippen LogP contribution is 2.39. The van der Waals surface area contributed by atoms with Crippen LogP contribution in [0.1, 0.15) is 25.5 Å². The molecule has 1 N–H and O–H groups in total. The van der Waals surface area contributed by atoms with Gasteiger partial charge in [0, 0.05) is 41.5 Å². The largest absolute Gasteiger partial charge is 0.453 e. The molecule has 3 heterocycles. The first-order chi connectivity index (χ1) is 14.6. The molecule has 1 saturated heterocycles. The molecular weight excluding hydrogens is 456 g/mol. The topological polar surface area (TPSA) is 52.1 Å². The van der Waals surface area contributed by atoms with Gasteiger partial charge >= 0.3 is 0 Å². The number of benzene rings is 2. The molecule has 1 aliphatic rings. The molecule has 2 aromatic carbocycles. The zero-order chi connectivity index (χ0) is 20.7. The van der Waals surface area contributed by atoms with Gasteiger partial charge in [0.1, 0.15) is 17.8 Å². The summed E-state index contributed by atoms with van der Waals surface area (Å²) in [7, 11) is 0. The number of hydrogen-bond donors (Lipinski definition) is 1. The van der Waals surface area contributed by atoms with Crippen LogP contribution in [0.2, 0.25) is 0 Å². The van der Waals surface area contributed by atoms with Crippen LogP contribution in [0.15, 0.2) is 53.3 Å². The van der Waals surface area contributed by atoms with Crippen LogP contribution < -0.4 is 4.74 Å². The van der Waals surface area contributed by atoms with Gasteiger partial charge in [-0.25, -0.2) is 13.5 Å². The molecule has 2 aromatic heterocycles. The Morgan fingerprint density at radius 1 is 1.13 bits per heavy atom. The maximum Gasteiger partial charge on any atom is 0.177 e. The lowest BCUT2D eigenvalue weighted by Gasteiger charge is -2.22. The minimum Gasteiger partial charge on any atom is -0.453 e. The van der Waals surface area contributed by atoms with Gasteiger partial charge < -0.3 is 14.5 Å². The van der Waals surface area contributed by atoms with Gasteiger partial charge in [-0.05, 0) is 65.5 Å². The predicted molar refractivity (Wildman–Crippen MR) is 112 cm³/mol. The molecule has 5 nitrogen and oxygen atoms in total. The third kappa shape index (κ3) is 3.50. The van der Waals surface area contributed by atoms with E-state index in [9.17, 15) is 8.78 Å². The molecule has 4 aromatic rings. The Morgan fingerprint density at radius 2 is 2.03 bits per heavy atom. The quantitative estimate of drug-likeness (QED) is 0.364. The molecular formula is C22H18BrF2N3O2. The molecule has 0 spiro atoms. The zero-order valence-electron chi connectivity index (χ0n) is 15.9. The normalized spacial score (nSPS) is 16.8. The standard InChI is InChI=1S/C22H18BrF2N3O2/c23-21-14-6-8-26-19(14)12-17(25)22(21)30-13-4-5-16(24)15(11-13)18-7-9-28(27-18)20-3-1-2-10-29-20/h4-9,11-12,20,26H,1-3,10H2. The second kappa shape index (κ2) is 7.85. The van der Waals surface area contributed by atoms with Crippen molar-refractivity contribution in [1.82, 2.24) is 14.8 Å². The van der Waals surface area contributed by atoms with Crippen molar-refractivity contribution in [2.45, 2.75) is 25.5 Å². The van der Waals surface area contributed by atoms with Crippen LogP contribution in [0.3, 0.4) is 0 Å². The Hall–Kier alpha value is -2.71. The molecule has 1 aliphatic heterocycles. The minimum absolute atomic E-state index is 0.0424. The second-order valence-corrected chi connectivity index (χ2v) is 7.98. The molecule has 1 unspecified atom stereocenters. The SMILES string of the molecule is Fc1ccc(Oc2c(F)cc3[nH]ccc3c2Br)cc1-c1ccn(C2CCCCO2)n1. The summed E-state index contributed by atoms with van der Waals surface area (Å²) in [5, 5.41) is 5.28. The van der Waals surface area contributed by atoms with E-state index < -0.39 is 11.6 Å². The summed E-state index contributed by atoms with van der Waals surface area (Å²) in [6.07, 6.45) is 6.37. The number of nitrogens with one attached hydrogen (secondary N) is 1. The fourth-order valence-corrected chi connectivity index (χ4v) is 4.28. The van der Waals surface area contributed by atoms with E-state index in [-0.39, 0.29) is 17.5 Å². The van der Waals surface area contributed by atoms with Crippen molar-refractivity contribution < 1.29 is 18.3 Å². The molecule has 0 bridgehead atoms. The number of rotatable bonds is 4. The van der Waals surface area contributed by atoms with Crippen molar-refractivity contribution >= 4 is 26.8 Å². The van der Waals surface area contributed by atoms with Crippen molar-refractivity contribution in [2.75, 3.05) is 6.61 Å². The number of aromatic amines is 1. The average Bonchev–Trinajstić information content (AvgIpc) is 3.43. The van der Waals surface area contributed by atoms with Gasteiger partial charge in [-0.2, -0.15) is 5.10 Å². The van der Waals surface area contributed by atoms with Crippen molar-refractivity contribution in [3.8, 4) is 22.8 Å².